The summed E-state index contributed by atoms with van der Waals surface area (Å²) in [6, 6.07) is 0. The first-order chi connectivity index (χ1) is 27.4. The van der Waals surface area contributed by atoms with Gasteiger partial charge in [0.2, 0.25) is 0 Å². The Bertz CT molecular complexity index is 1690. The standard InChI is InChI=1S/C45H69N3O10/c1-25(2)26(3)11-12-27(4)36-15-16-37-35-14-13-32-21-34(17-19-44(32,9)38(35)18-20-45(36,37)10)54-23-33-22-48(47-46-33)43-42(57-31(8)52)41(56-30(7)51)40(55-29(6)50)39(58-43)24-53-28(5)49/h22,25-27,32,34,36,38-43H,11-21,23-24H2,1-10H3/t26-,27+,32?,34-,36+,38-,39+,40-,41-,42+,43+,44-,45+/m0/s1. The second-order valence-electron chi connectivity index (χ2n) is 19.2. The van der Waals surface area contributed by atoms with Gasteiger partial charge in [0.15, 0.2) is 24.5 Å². The van der Waals surface area contributed by atoms with E-state index in [9.17, 15) is 19.2 Å². The van der Waals surface area contributed by atoms with Crippen LogP contribution in [-0.2, 0) is 54.2 Å². The first kappa shape index (κ1) is 44.2. The zero-order valence-electron chi connectivity index (χ0n) is 36.6. The topological polar surface area (TPSA) is 154 Å². The van der Waals surface area contributed by atoms with Crippen LogP contribution in [0.1, 0.15) is 152 Å². The van der Waals surface area contributed by atoms with Gasteiger partial charge < -0.3 is 28.4 Å². The van der Waals surface area contributed by atoms with Gasteiger partial charge in [-0.1, -0.05) is 70.7 Å². The van der Waals surface area contributed by atoms with E-state index < -0.39 is 54.5 Å². The monoisotopic (exact) mass is 811 g/mol. The number of allylic oxidation sites excluding steroid dienone is 2. The fourth-order valence-corrected chi connectivity index (χ4v) is 11.7. The van der Waals surface area contributed by atoms with Crippen LogP contribution >= 0.6 is 0 Å². The Morgan fingerprint density at radius 2 is 1.53 bits per heavy atom. The van der Waals surface area contributed by atoms with Gasteiger partial charge in [0.1, 0.15) is 18.4 Å². The lowest BCUT2D eigenvalue weighted by molar-refractivity contribution is -0.270. The van der Waals surface area contributed by atoms with Crippen molar-refractivity contribution in [2.75, 3.05) is 6.61 Å². The first-order valence-electron chi connectivity index (χ1n) is 22.0. The molecule has 0 bridgehead atoms. The molecule has 0 amide bonds. The Hall–Kier alpha value is -3.32. The summed E-state index contributed by atoms with van der Waals surface area (Å²) >= 11 is 0. The van der Waals surface area contributed by atoms with Crippen LogP contribution in [0, 0.1) is 46.3 Å². The summed E-state index contributed by atoms with van der Waals surface area (Å²) in [5.74, 6) is 1.73. The number of nitrogens with zero attached hydrogens (tertiary/aromatic N) is 3. The number of carbonyl (C=O) groups is 4. The predicted molar refractivity (Wildman–Crippen MR) is 213 cm³/mol. The van der Waals surface area contributed by atoms with Gasteiger partial charge in [0, 0.05) is 27.7 Å². The van der Waals surface area contributed by atoms with Crippen LogP contribution in [0.3, 0.4) is 0 Å². The van der Waals surface area contributed by atoms with Crippen LogP contribution in [0.2, 0.25) is 0 Å². The van der Waals surface area contributed by atoms with E-state index in [1.165, 1.54) is 83.7 Å². The largest absolute Gasteiger partial charge is 0.463 e. The van der Waals surface area contributed by atoms with Crippen LogP contribution in [0.4, 0.5) is 0 Å². The van der Waals surface area contributed by atoms with Crippen molar-refractivity contribution in [3.63, 3.8) is 0 Å². The Labute approximate surface area is 345 Å². The molecule has 1 aromatic rings. The molecule has 1 saturated heterocycles. The molecule has 3 saturated carbocycles. The fourth-order valence-electron chi connectivity index (χ4n) is 11.7. The number of hydrogen-bond donors (Lipinski definition) is 0. The van der Waals surface area contributed by atoms with Crippen molar-refractivity contribution < 1.29 is 47.6 Å². The highest BCUT2D eigenvalue weighted by Crippen LogP contribution is 2.66. The quantitative estimate of drug-likeness (QED) is 0.102. The van der Waals surface area contributed by atoms with Crippen molar-refractivity contribution in [2.45, 2.75) is 183 Å². The molecule has 0 N–H and O–H groups in total. The average molecular weight is 812 g/mol. The molecule has 0 radical (unpaired) electrons. The molecule has 4 fully saturated rings. The minimum Gasteiger partial charge on any atom is -0.463 e. The lowest BCUT2D eigenvalue weighted by Crippen LogP contribution is -2.60. The summed E-state index contributed by atoms with van der Waals surface area (Å²) in [6.07, 6.45) is 9.24. The maximum Gasteiger partial charge on any atom is 0.303 e. The zero-order valence-corrected chi connectivity index (χ0v) is 36.6. The lowest BCUT2D eigenvalue weighted by atomic mass is 9.48. The molecule has 58 heavy (non-hydrogen) atoms. The Balaban J connectivity index is 1.11. The van der Waals surface area contributed by atoms with E-state index in [0.29, 0.717) is 22.9 Å². The van der Waals surface area contributed by atoms with Crippen molar-refractivity contribution in [1.82, 2.24) is 15.0 Å². The third-order valence-electron chi connectivity index (χ3n) is 15.2. The third-order valence-corrected chi connectivity index (χ3v) is 15.2. The van der Waals surface area contributed by atoms with Crippen LogP contribution in [0.15, 0.2) is 17.3 Å². The molecule has 13 atom stereocenters. The maximum absolute atomic E-state index is 12.3. The number of hydrogen-bond acceptors (Lipinski definition) is 12. The summed E-state index contributed by atoms with van der Waals surface area (Å²) in [5.41, 5.74) is 4.87. The lowest BCUT2D eigenvalue weighted by Gasteiger charge is -2.57. The van der Waals surface area contributed by atoms with Gasteiger partial charge in [-0.2, -0.15) is 0 Å². The number of rotatable bonds is 14. The number of esters is 4. The molecule has 5 aliphatic rings. The van der Waals surface area contributed by atoms with Gasteiger partial charge in [-0.25, -0.2) is 4.68 Å². The van der Waals surface area contributed by atoms with E-state index in [0.717, 1.165) is 42.9 Å². The van der Waals surface area contributed by atoms with Gasteiger partial charge in [0.05, 0.1) is 18.9 Å². The van der Waals surface area contributed by atoms with E-state index in [1.54, 1.807) is 6.20 Å². The van der Waals surface area contributed by atoms with Crippen molar-refractivity contribution >= 4 is 23.9 Å². The summed E-state index contributed by atoms with van der Waals surface area (Å²) in [5, 5.41) is 8.65. The minimum atomic E-state index is -1.29. The van der Waals surface area contributed by atoms with Gasteiger partial charge in [0.25, 0.3) is 0 Å². The molecule has 324 valence electrons. The molecule has 13 nitrogen and oxygen atoms in total. The van der Waals surface area contributed by atoms with Crippen LogP contribution < -0.4 is 0 Å². The molecule has 1 aliphatic heterocycles. The molecule has 0 aromatic carbocycles. The van der Waals surface area contributed by atoms with Crippen LogP contribution in [0.25, 0.3) is 0 Å². The predicted octanol–water partition coefficient (Wildman–Crippen LogP) is 7.85. The normalized spacial score (nSPS) is 35.6. The molecule has 13 heteroatoms. The second-order valence-corrected chi connectivity index (χ2v) is 19.2. The molecule has 1 aromatic heterocycles. The Morgan fingerprint density at radius 1 is 0.845 bits per heavy atom. The molecule has 2 heterocycles. The summed E-state index contributed by atoms with van der Waals surface area (Å²) < 4.78 is 36.1. The maximum atomic E-state index is 12.3. The van der Waals surface area contributed by atoms with Crippen molar-refractivity contribution in [2.24, 2.45) is 46.3 Å². The molecule has 6 rings (SSSR count). The molecular weight excluding hydrogens is 743 g/mol. The van der Waals surface area contributed by atoms with E-state index in [1.807, 2.05) is 11.1 Å². The van der Waals surface area contributed by atoms with Crippen molar-refractivity contribution in [1.29, 1.82) is 0 Å². The molecule has 0 spiro atoms. The fraction of sp³-hybridized carbons (Fsp3) is 0.822. The van der Waals surface area contributed by atoms with Crippen LogP contribution in [-0.4, -0.2) is 76.0 Å². The van der Waals surface area contributed by atoms with E-state index >= 15 is 0 Å². The Kier molecular flexibility index (Phi) is 13.8. The zero-order chi connectivity index (χ0) is 42.1. The van der Waals surface area contributed by atoms with E-state index in [2.05, 4.69) is 51.9 Å². The number of fused-ring (bicyclic) bond motifs is 4. The number of carbonyl (C=O) groups excluding carboxylic acids is 4. The third kappa shape index (κ3) is 9.35. The SMILES string of the molecule is CC(=O)OC[C@H]1O[C@@H](n2cc(CO[C@H]3CC[C@@]4(C)C(CCC5=C6CC[C@H]([C@H](C)CC[C@H](C)C(C)C)[C@@]6(C)CC[C@@H]54)C3)nn2)[C@H](OC(C)=O)[C@@H](OC(C)=O)[C@H]1OC(C)=O. The van der Waals surface area contributed by atoms with Gasteiger partial charge in [-0.3, -0.25) is 19.2 Å². The highest BCUT2D eigenvalue weighted by Gasteiger charge is 2.56. The Morgan fingerprint density at radius 3 is 2.21 bits per heavy atom. The molecular formula is C45H69N3O10. The molecule has 1 unspecified atom stereocenters. The smallest absolute Gasteiger partial charge is 0.303 e. The number of aromatic nitrogens is 3. The van der Waals surface area contributed by atoms with Gasteiger partial charge in [-0.05, 0) is 104 Å². The van der Waals surface area contributed by atoms with Crippen molar-refractivity contribution in [3.8, 4) is 0 Å². The van der Waals surface area contributed by atoms with Gasteiger partial charge in [-0.15, -0.1) is 5.10 Å². The van der Waals surface area contributed by atoms with Crippen molar-refractivity contribution in [3.05, 3.63) is 23.0 Å². The first-order valence-corrected chi connectivity index (χ1v) is 22.0. The molecule has 4 aliphatic carbocycles. The minimum absolute atomic E-state index is 0.0990. The highest BCUT2D eigenvalue weighted by molar-refractivity contribution is 5.68. The second kappa shape index (κ2) is 18.1. The highest BCUT2D eigenvalue weighted by atomic mass is 16.7. The summed E-state index contributed by atoms with van der Waals surface area (Å²) in [4.78, 5) is 48.5. The summed E-state index contributed by atoms with van der Waals surface area (Å²) in [7, 11) is 0. The summed E-state index contributed by atoms with van der Waals surface area (Å²) in [6.45, 7) is 19.6. The van der Waals surface area contributed by atoms with Crippen LogP contribution in [0.5, 0.6) is 0 Å². The van der Waals surface area contributed by atoms with E-state index in [-0.39, 0.29) is 24.7 Å². The average Bonchev–Trinajstić information content (AvgIpc) is 3.77. The number of ether oxygens (including phenoxy) is 6. The van der Waals surface area contributed by atoms with E-state index in [4.69, 9.17) is 28.4 Å². The van der Waals surface area contributed by atoms with Gasteiger partial charge >= 0.3 is 23.9 Å².